The van der Waals surface area contributed by atoms with Crippen molar-refractivity contribution in [2.24, 2.45) is 0 Å². The van der Waals surface area contributed by atoms with Crippen LogP contribution < -0.4 is 0 Å². The molecule has 0 aliphatic rings. The van der Waals surface area contributed by atoms with E-state index in [0.717, 1.165) is 6.42 Å². The van der Waals surface area contributed by atoms with Gasteiger partial charge in [0.2, 0.25) is 0 Å². The fraction of sp³-hybridized carbons (Fsp3) is 0.250. The molecule has 0 unspecified atom stereocenters. The Labute approximate surface area is 155 Å². The predicted octanol–water partition coefficient (Wildman–Crippen LogP) is 3.75. The number of aromatic hydroxyl groups is 1. The van der Waals surface area contributed by atoms with Gasteiger partial charge in [0.1, 0.15) is 5.75 Å². The maximum Gasteiger partial charge on any atom is 0.338 e. The van der Waals surface area contributed by atoms with Crippen LogP contribution in [0.2, 0.25) is 0 Å². The van der Waals surface area contributed by atoms with Crippen molar-refractivity contribution in [3.63, 3.8) is 0 Å². The summed E-state index contributed by atoms with van der Waals surface area (Å²) in [5.74, 6) is -1.89. The molecule has 1 aromatic carbocycles. The molecule has 0 bridgehead atoms. The number of hydrogen-bond acceptors (Lipinski definition) is 4. The molecule has 0 aliphatic heterocycles. The van der Waals surface area contributed by atoms with Gasteiger partial charge in [-0.25, -0.2) is 4.79 Å². The number of aryl methyl sites for hydroxylation is 1. The maximum atomic E-state index is 12.0. The highest BCUT2D eigenvalue weighted by Crippen LogP contribution is 2.35. The van der Waals surface area contributed by atoms with E-state index in [4.69, 9.17) is 5.11 Å². The summed E-state index contributed by atoms with van der Waals surface area (Å²) < 4.78 is 1.91. The van der Waals surface area contributed by atoms with E-state index in [1.165, 1.54) is 12.1 Å². The van der Waals surface area contributed by atoms with Gasteiger partial charge < -0.3 is 19.9 Å². The summed E-state index contributed by atoms with van der Waals surface area (Å²) in [6, 6.07) is 8.23. The van der Waals surface area contributed by atoms with Crippen LogP contribution in [-0.2, 0) is 11.3 Å². The molecule has 3 aromatic rings. The first-order valence-corrected chi connectivity index (χ1v) is 8.69. The predicted molar refractivity (Wildman–Crippen MR) is 99.9 cm³/mol. The number of nitrogens with zero attached hydrogens (tertiary/aromatic N) is 2. The molecule has 0 spiro atoms. The largest absolute Gasteiger partial charge is 0.508 e. The number of phenols is 1. The molecule has 0 amide bonds. The van der Waals surface area contributed by atoms with Crippen molar-refractivity contribution in [1.82, 2.24) is 9.55 Å². The van der Waals surface area contributed by atoms with Gasteiger partial charge in [-0.3, -0.25) is 9.78 Å². The van der Waals surface area contributed by atoms with Crippen LogP contribution in [0.15, 0.2) is 42.7 Å². The summed E-state index contributed by atoms with van der Waals surface area (Å²) in [4.78, 5) is 26.8. The molecule has 7 nitrogen and oxygen atoms in total. The van der Waals surface area contributed by atoms with E-state index in [0.29, 0.717) is 41.5 Å². The number of carboxylic acids is 2. The number of aliphatic carboxylic acids is 1. The van der Waals surface area contributed by atoms with E-state index in [9.17, 15) is 19.8 Å². The first-order valence-electron chi connectivity index (χ1n) is 8.69. The topological polar surface area (TPSA) is 113 Å². The lowest BCUT2D eigenvalue weighted by atomic mass is 10.1. The smallest absolute Gasteiger partial charge is 0.338 e. The van der Waals surface area contributed by atoms with Gasteiger partial charge in [0.05, 0.1) is 11.3 Å². The average Bonchev–Trinajstić information content (AvgIpc) is 2.95. The molecule has 27 heavy (non-hydrogen) atoms. The second-order valence-corrected chi connectivity index (χ2v) is 6.33. The normalized spacial score (nSPS) is 11.0. The fourth-order valence-electron chi connectivity index (χ4n) is 3.32. The van der Waals surface area contributed by atoms with Gasteiger partial charge in [-0.05, 0) is 43.2 Å². The van der Waals surface area contributed by atoms with Crippen LogP contribution in [0.1, 0.15) is 36.0 Å². The van der Waals surface area contributed by atoms with E-state index in [2.05, 4.69) is 4.98 Å². The third kappa shape index (κ3) is 3.92. The standard InChI is InChI=1S/C20H20N2O5/c23-14-7-8-16-15(11-14)18(20(26)27)19(13-5-4-9-21-12-13)22(16)10-3-1-2-6-17(24)25/h4-5,7-9,11-12,23H,1-3,6,10H2,(H,24,25)(H,26,27). The highest BCUT2D eigenvalue weighted by Gasteiger charge is 2.23. The minimum absolute atomic E-state index is 0.00125. The van der Waals surface area contributed by atoms with E-state index in [-0.39, 0.29) is 17.7 Å². The van der Waals surface area contributed by atoms with Crippen molar-refractivity contribution in [1.29, 1.82) is 0 Å². The van der Waals surface area contributed by atoms with E-state index in [1.54, 1.807) is 30.6 Å². The van der Waals surface area contributed by atoms with Crippen LogP contribution in [0, 0.1) is 0 Å². The highest BCUT2D eigenvalue weighted by atomic mass is 16.4. The van der Waals surface area contributed by atoms with Gasteiger partial charge in [-0.1, -0.05) is 6.42 Å². The Hall–Kier alpha value is -3.35. The van der Waals surface area contributed by atoms with Gasteiger partial charge in [0, 0.05) is 41.8 Å². The molecule has 2 heterocycles. The quantitative estimate of drug-likeness (QED) is 0.522. The minimum atomic E-state index is -1.07. The minimum Gasteiger partial charge on any atom is -0.508 e. The lowest BCUT2D eigenvalue weighted by Gasteiger charge is -2.11. The zero-order valence-electron chi connectivity index (χ0n) is 14.6. The summed E-state index contributed by atoms with van der Waals surface area (Å²) in [5.41, 5.74) is 2.05. The Balaban J connectivity index is 2.07. The molecule has 0 saturated carbocycles. The first kappa shape index (κ1) is 18.4. The Morgan fingerprint density at radius 3 is 2.56 bits per heavy atom. The van der Waals surface area contributed by atoms with Crippen LogP contribution in [0.25, 0.3) is 22.2 Å². The third-order valence-corrected chi connectivity index (χ3v) is 4.47. The second kappa shape index (κ2) is 7.90. The molecular formula is C20H20N2O5. The molecule has 140 valence electrons. The number of carbonyl (C=O) groups is 2. The molecule has 0 aliphatic carbocycles. The van der Waals surface area contributed by atoms with Gasteiger partial charge in [-0.2, -0.15) is 0 Å². The van der Waals surface area contributed by atoms with Crippen LogP contribution in [-0.4, -0.2) is 36.8 Å². The maximum absolute atomic E-state index is 12.0. The number of rotatable bonds is 8. The third-order valence-electron chi connectivity index (χ3n) is 4.47. The summed E-state index contributed by atoms with van der Waals surface area (Å²) in [7, 11) is 0. The molecular weight excluding hydrogens is 348 g/mol. The van der Waals surface area contributed by atoms with Gasteiger partial charge in [-0.15, -0.1) is 0 Å². The molecule has 3 N–H and O–H groups in total. The summed E-state index contributed by atoms with van der Waals surface area (Å²) in [6.45, 7) is 0.540. The van der Waals surface area contributed by atoms with Crippen LogP contribution in [0.5, 0.6) is 5.75 Å². The number of unbranched alkanes of at least 4 members (excludes halogenated alkanes) is 2. The van der Waals surface area contributed by atoms with Crippen LogP contribution in [0.4, 0.5) is 0 Å². The van der Waals surface area contributed by atoms with E-state index < -0.39 is 11.9 Å². The van der Waals surface area contributed by atoms with Gasteiger partial charge in [0.15, 0.2) is 0 Å². The molecule has 0 radical (unpaired) electrons. The second-order valence-electron chi connectivity index (χ2n) is 6.33. The van der Waals surface area contributed by atoms with Gasteiger partial charge >= 0.3 is 11.9 Å². The number of carboxylic acid groups (broad SMARTS) is 2. The Morgan fingerprint density at radius 2 is 1.89 bits per heavy atom. The fourth-order valence-corrected chi connectivity index (χ4v) is 3.32. The van der Waals surface area contributed by atoms with Crippen molar-refractivity contribution in [3.05, 3.63) is 48.3 Å². The lowest BCUT2D eigenvalue weighted by molar-refractivity contribution is -0.137. The Morgan fingerprint density at radius 1 is 1.07 bits per heavy atom. The number of benzene rings is 1. The Bertz CT molecular complexity index is 979. The van der Waals surface area contributed by atoms with Crippen molar-refractivity contribution in [3.8, 4) is 17.0 Å². The molecule has 7 heteroatoms. The van der Waals surface area contributed by atoms with Crippen molar-refractivity contribution in [2.75, 3.05) is 0 Å². The molecule has 0 fully saturated rings. The Kier molecular flexibility index (Phi) is 5.40. The monoisotopic (exact) mass is 368 g/mol. The van der Waals surface area contributed by atoms with Crippen LogP contribution >= 0.6 is 0 Å². The number of phenolic OH excluding ortho intramolecular Hbond substituents is 1. The zero-order chi connectivity index (χ0) is 19.4. The molecule has 2 aromatic heterocycles. The summed E-state index contributed by atoms with van der Waals surface area (Å²) in [6.07, 6.45) is 5.36. The molecule has 0 atom stereocenters. The van der Waals surface area contributed by atoms with Crippen LogP contribution in [0.3, 0.4) is 0 Å². The highest BCUT2D eigenvalue weighted by molar-refractivity contribution is 6.10. The van der Waals surface area contributed by atoms with Gasteiger partial charge in [0.25, 0.3) is 0 Å². The number of hydrogen-bond donors (Lipinski definition) is 3. The lowest BCUT2D eigenvalue weighted by Crippen LogP contribution is -2.04. The summed E-state index contributed by atoms with van der Waals surface area (Å²) in [5, 5.41) is 28.9. The van der Waals surface area contributed by atoms with E-state index in [1.807, 2.05) is 4.57 Å². The number of fused-ring (bicyclic) bond motifs is 1. The van der Waals surface area contributed by atoms with Crippen molar-refractivity contribution < 1.29 is 24.9 Å². The van der Waals surface area contributed by atoms with E-state index >= 15 is 0 Å². The molecule has 0 saturated heterocycles. The zero-order valence-corrected chi connectivity index (χ0v) is 14.6. The number of aromatic nitrogens is 2. The first-order chi connectivity index (χ1) is 13.0. The number of pyridine rings is 1. The number of aromatic carboxylic acids is 1. The molecule has 3 rings (SSSR count). The summed E-state index contributed by atoms with van der Waals surface area (Å²) >= 11 is 0. The van der Waals surface area contributed by atoms with Crippen molar-refractivity contribution >= 4 is 22.8 Å². The SMILES string of the molecule is O=C(O)CCCCCn1c(-c2cccnc2)c(C(=O)O)c2cc(O)ccc21. The average molecular weight is 368 g/mol. The van der Waals surface area contributed by atoms with Crippen molar-refractivity contribution in [2.45, 2.75) is 32.2 Å².